The van der Waals surface area contributed by atoms with E-state index in [0.29, 0.717) is 50.3 Å². The summed E-state index contributed by atoms with van der Waals surface area (Å²) < 4.78 is 5.66. The predicted molar refractivity (Wildman–Crippen MR) is 93.5 cm³/mol. The van der Waals surface area contributed by atoms with Crippen molar-refractivity contribution in [3.8, 4) is 5.75 Å². The molecule has 1 aromatic rings. The summed E-state index contributed by atoms with van der Waals surface area (Å²) in [6, 6.07) is 5.40. The Kier molecular flexibility index (Phi) is 6.80. The van der Waals surface area contributed by atoms with Gasteiger partial charge in [0.25, 0.3) is 5.91 Å². The average Bonchev–Trinajstić information content (AvgIpc) is 2.57. The Morgan fingerprint density at radius 2 is 1.96 bits per heavy atom. The van der Waals surface area contributed by atoms with Crippen LogP contribution in [0.4, 0.5) is 0 Å². The van der Waals surface area contributed by atoms with E-state index in [1.54, 1.807) is 17.0 Å². The lowest BCUT2D eigenvalue weighted by molar-refractivity contribution is -0.129. The number of aryl methyl sites for hydroxylation is 1. The molecule has 25 heavy (non-hydrogen) atoms. The second-order valence-corrected chi connectivity index (χ2v) is 6.06. The number of benzene rings is 1. The minimum Gasteiger partial charge on any atom is -0.491 e. The lowest BCUT2D eigenvalue weighted by Gasteiger charge is -2.21. The molecule has 0 atom stereocenters. The molecule has 7 heteroatoms. The van der Waals surface area contributed by atoms with Crippen LogP contribution in [0.2, 0.25) is 0 Å². The number of rotatable bonds is 0. The molecule has 0 radical (unpaired) electrons. The van der Waals surface area contributed by atoms with Crippen LogP contribution in [0.5, 0.6) is 5.75 Å². The quantitative estimate of drug-likeness (QED) is 0.729. The molecule has 0 aliphatic carbocycles. The zero-order valence-corrected chi connectivity index (χ0v) is 14.8. The van der Waals surface area contributed by atoms with Gasteiger partial charge in [0.05, 0.1) is 12.1 Å². The highest BCUT2D eigenvalue weighted by atomic mass is 16.5. The molecule has 1 heterocycles. The normalized spacial score (nSPS) is 17.3. The van der Waals surface area contributed by atoms with Crippen molar-refractivity contribution in [2.24, 2.45) is 0 Å². The predicted octanol–water partition coefficient (Wildman–Crippen LogP) is 0.862. The maximum atomic E-state index is 12.5. The summed E-state index contributed by atoms with van der Waals surface area (Å²) in [7, 11) is 0. The molecule has 136 valence electrons. The summed E-state index contributed by atoms with van der Waals surface area (Å²) in [6.45, 7) is 5.29. The first kappa shape index (κ1) is 18.8. The minimum absolute atomic E-state index is 0.0692. The molecule has 0 unspecified atom stereocenters. The number of ether oxygens (including phenoxy) is 1. The van der Waals surface area contributed by atoms with Crippen molar-refractivity contribution in [1.82, 2.24) is 15.5 Å². The smallest absolute Gasteiger partial charge is 0.255 e. The maximum Gasteiger partial charge on any atom is 0.255 e. The Morgan fingerprint density at radius 3 is 2.72 bits per heavy atom. The zero-order chi connectivity index (χ0) is 18.2. The van der Waals surface area contributed by atoms with Gasteiger partial charge in [-0.2, -0.15) is 0 Å². The SMILES string of the molecule is CC(=O)N1CCCC(=O)NCCOc2ccc(C)cc2C(=O)NCC1. The van der Waals surface area contributed by atoms with Gasteiger partial charge in [-0.15, -0.1) is 0 Å². The van der Waals surface area contributed by atoms with E-state index < -0.39 is 0 Å². The van der Waals surface area contributed by atoms with Gasteiger partial charge < -0.3 is 20.3 Å². The summed E-state index contributed by atoms with van der Waals surface area (Å²) in [4.78, 5) is 37.6. The van der Waals surface area contributed by atoms with E-state index in [4.69, 9.17) is 4.74 Å². The van der Waals surface area contributed by atoms with Gasteiger partial charge in [-0.25, -0.2) is 0 Å². The third-order valence-electron chi connectivity index (χ3n) is 4.01. The summed E-state index contributed by atoms with van der Waals surface area (Å²) in [6.07, 6.45) is 0.936. The van der Waals surface area contributed by atoms with Crippen LogP contribution in [0.15, 0.2) is 18.2 Å². The van der Waals surface area contributed by atoms with Crippen LogP contribution in [-0.2, 0) is 9.59 Å². The Labute approximate surface area is 147 Å². The topological polar surface area (TPSA) is 87.7 Å². The molecule has 1 aliphatic rings. The van der Waals surface area contributed by atoms with Crippen LogP contribution in [0.25, 0.3) is 0 Å². The monoisotopic (exact) mass is 347 g/mol. The van der Waals surface area contributed by atoms with Gasteiger partial charge in [0.2, 0.25) is 11.8 Å². The van der Waals surface area contributed by atoms with Crippen molar-refractivity contribution in [3.63, 3.8) is 0 Å². The first-order chi connectivity index (χ1) is 12.0. The van der Waals surface area contributed by atoms with Crippen molar-refractivity contribution in [2.45, 2.75) is 26.7 Å². The lowest BCUT2D eigenvalue weighted by Crippen LogP contribution is -2.38. The number of amides is 3. The van der Waals surface area contributed by atoms with E-state index in [9.17, 15) is 14.4 Å². The number of nitrogens with one attached hydrogen (secondary N) is 2. The summed E-state index contributed by atoms with van der Waals surface area (Å²) in [5.74, 6) is 0.107. The highest BCUT2D eigenvalue weighted by Gasteiger charge is 2.15. The first-order valence-electron chi connectivity index (χ1n) is 8.51. The number of nitrogens with zero attached hydrogens (tertiary/aromatic N) is 1. The van der Waals surface area contributed by atoms with Crippen molar-refractivity contribution in [1.29, 1.82) is 0 Å². The molecule has 0 saturated heterocycles. The fourth-order valence-electron chi connectivity index (χ4n) is 2.64. The molecule has 2 rings (SSSR count). The van der Waals surface area contributed by atoms with Crippen molar-refractivity contribution >= 4 is 17.7 Å². The second kappa shape index (κ2) is 9.05. The molecular formula is C18H25N3O4. The van der Waals surface area contributed by atoms with E-state index in [2.05, 4.69) is 10.6 Å². The molecule has 7 nitrogen and oxygen atoms in total. The lowest BCUT2D eigenvalue weighted by atomic mass is 10.1. The van der Waals surface area contributed by atoms with Crippen LogP contribution in [0.1, 0.15) is 35.7 Å². The number of carbonyl (C=O) groups excluding carboxylic acids is 3. The molecule has 2 N–H and O–H groups in total. The zero-order valence-electron chi connectivity index (χ0n) is 14.8. The molecule has 1 aliphatic heterocycles. The van der Waals surface area contributed by atoms with E-state index >= 15 is 0 Å². The Balaban J connectivity index is 2.14. The standard InChI is InChI=1S/C18H25N3O4/c1-13-5-6-16-15(12-13)18(24)20-7-10-21(14(2)22)9-3-4-17(23)19-8-11-25-16/h5-6,12H,3-4,7-11H2,1-2H3,(H,19,23)(H,20,24). The van der Waals surface area contributed by atoms with E-state index in [1.165, 1.54) is 6.92 Å². The van der Waals surface area contributed by atoms with Crippen LogP contribution in [0, 0.1) is 6.92 Å². The average molecular weight is 347 g/mol. The summed E-state index contributed by atoms with van der Waals surface area (Å²) in [5, 5.41) is 5.62. The van der Waals surface area contributed by atoms with E-state index in [0.717, 1.165) is 5.56 Å². The Bertz CT molecular complexity index is 645. The van der Waals surface area contributed by atoms with Gasteiger partial charge in [-0.05, 0) is 25.5 Å². The third-order valence-corrected chi connectivity index (χ3v) is 4.01. The van der Waals surface area contributed by atoms with Crippen molar-refractivity contribution in [2.75, 3.05) is 32.8 Å². The fraction of sp³-hybridized carbons (Fsp3) is 0.500. The highest BCUT2D eigenvalue weighted by Crippen LogP contribution is 2.20. The van der Waals surface area contributed by atoms with E-state index in [1.807, 2.05) is 13.0 Å². The van der Waals surface area contributed by atoms with Gasteiger partial charge in [-0.1, -0.05) is 11.6 Å². The van der Waals surface area contributed by atoms with Crippen molar-refractivity contribution in [3.05, 3.63) is 29.3 Å². The van der Waals surface area contributed by atoms with Gasteiger partial charge in [0.1, 0.15) is 12.4 Å². The molecule has 0 bridgehead atoms. The molecular weight excluding hydrogens is 322 g/mol. The van der Waals surface area contributed by atoms with Crippen molar-refractivity contribution < 1.29 is 19.1 Å². The van der Waals surface area contributed by atoms with Crippen LogP contribution < -0.4 is 15.4 Å². The van der Waals surface area contributed by atoms with Gasteiger partial charge in [0, 0.05) is 33.0 Å². The molecule has 0 spiro atoms. The highest BCUT2D eigenvalue weighted by molar-refractivity contribution is 5.97. The largest absolute Gasteiger partial charge is 0.491 e. The fourth-order valence-corrected chi connectivity index (χ4v) is 2.64. The molecule has 0 aromatic heterocycles. The second-order valence-electron chi connectivity index (χ2n) is 6.06. The van der Waals surface area contributed by atoms with E-state index in [-0.39, 0.29) is 24.3 Å². The summed E-state index contributed by atoms with van der Waals surface area (Å²) >= 11 is 0. The first-order valence-corrected chi connectivity index (χ1v) is 8.51. The van der Waals surface area contributed by atoms with Gasteiger partial charge in [0.15, 0.2) is 0 Å². The Hall–Kier alpha value is -2.57. The molecule has 1 aromatic carbocycles. The maximum absolute atomic E-state index is 12.5. The number of fused-ring (bicyclic) bond motifs is 1. The molecule has 3 amide bonds. The van der Waals surface area contributed by atoms with Gasteiger partial charge >= 0.3 is 0 Å². The third kappa shape index (κ3) is 5.77. The Morgan fingerprint density at radius 1 is 1.16 bits per heavy atom. The number of hydrogen-bond donors (Lipinski definition) is 2. The van der Waals surface area contributed by atoms with Crippen LogP contribution in [-0.4, -0.2) is 55.4 Å². The van der Waals surface area contributed by atoms with Gasteiger partial charge in [-0.3, -0.25) is 14.4 Å². The molecule has 0 fully saturated rings. The van der Waals surface area contributed by atoms with Crippen LogP contribution >= 0.6 is 0 Å². The minimum atomic E-state index is -0.235. The number of carbonyl (C=O) groups is 3. The number of hydrogen-bond acceptors (Lipinski definition) is 4. The summed E-state index contributed by atoms with van der Waals surface area (Å²) in [5.41, 5.74) is 1.41. The van der Waals surface area contributed by atoms with Crippen LogP contribution in [0.3, 0.4) is 0 Å². The molecule has 0 saturated carbocycles.